The van der Waals surface area contributed by atoms with Gasteiger partial charge in [0.2, 0.25) is 0 Å². The molecule has 0 spiro atoms. The monoisotopic (exact) mass is 510 g/mol. The molecule has 1 aliphatic rings. The number of ether oxygens (including phenoxy) is 2. The smallest absolute Gasteiger partial charge is 0.259 e. The summed E-state index contributed by atoms with van der Waals surface area (Å²) < 4.78 is 39.0. The predicted octanol–water partition coefficient (Wildman–Crippen LogP) is 4.28. The summed E-state index contributed by atoms with van der Waals surface area (Å²) in [5.41, 5.74) is 1.12. The average Bonchev–Trinajstić information content (AvgIpc) is 2.98. The van der Waals surface area contributed by atoms with Crippen LogP contribution in [0.3, 0.4) is 0 Å². The molecule has 0 saturated heterocycles. The number of anilines is 1. The van der Waals surface area contributed by atoms with Crippen LogP contribution in [0.5, 0.6) is 0 Å². The summed E-state index contributed by atoms with van der Waals surface area (Å²) in [5.74, 6) is -1.29. The van der Waals surface area contributed by atoms with E-state index in [9.17, 15) is 18.2 Å². The van der Waals surface area contributed by atoms with E-state index in [4.69, 9.17) is 9.47 Å². The number of fused-ring (bicyclic) bond motifs is 2. The van der Waals surface area contributed by atoms with E-state index in [-0.39, 0.29) is 29.9 Å². The van der Waals surface area contributed by atoms with Gasteiger partial charge in [0.1, 0.15) is 5.82 Å². The van der Waals surface area contributed by atoms with E-state index in [2.05, 4.69) is 5.32 Å². The van der Waals surface area contributed by atoms with Gasteiger partial charge in [0, 0.05) is 24.3 Å². The highest BCUT2D eigenvalue weighted by molar-refractivity contribution is 7.85. The van der Waals surface area contributed by atoms with Crippen molar-refractivity contribution in [1.82, 2.24) is 5.32 Å². The van der Waals surface area contributed by atoms with Gasteiger partial charge in [-0.1, -0.05) is 30.3 Å². The minimum Gasteiger partial charge on any atom is -0.351 e. The van der Waals surface area contributed by atoms with Crippen LogP contribution in [0.1, 0.15) is 40.1 Å². The summed E-state index contributed by atoms with van der Waals surface area (Å²) in [7, 11) is -1.68. The maximum Gasteiger partial charge on any atom is 0.259 e. The van der Waals surface area contributed by atoms with Crippen LogP contribution in [0.4, 0.5) is 10.1 Å². The summed E-state index contributed by atoms with van der Waals surface area (Å²) in [6.45, 7) is 4.57. The lowest BCUT2D eigenvalue weighted by Gasteiger charge is -2.24. The van der Waals surface area contributed by atoms with Crippen LogP contribution in [0.2, 0.25) is 0 Å². The van der Waals surface area contributed by atoms with Gasteiger partial charge < -0.3 is 19.7 Å². The number of amides is 2. The number of nitrogens with zero attached hydrogens (tertiary/aromatic N) is 1. The van der Waals surface area contributed by atoms with Crippen molar-refractivity contribution in [3.63, 3.8) is 0 Å². The molecule has 0 aromatic heterocycles. The molecule has 2 amide bonds. The van der Waals surface area contributed by atoms with Gasteiger partial charge in [0.25, 0.3) is 11.8 Å². The fourth-order valence-corrected chi connectivity index (χ4v) is 5.32. The first-order chi connectivity index (χ1) is 17.4. The summed E-state index contributed by atoms with van der Waals surface area (Å²) in [6, 6.07) is 17.5. The zero-order chi connectivity index (χ0) is 25.7. The van der Waals surface area contributed by atoms with E-state index >= 15 is 0 Å². The van der Waals surface area contributed by atoms with Gasteiger partial charge >= 0.3 is 0 Å². The van der Waals surface area contributed by atoms with Crippen LogP contribution < -0.4 is 10.2 Å². The molecule has 3 aromatic rings. The molecule has 0 aliphatic carbocycles. The molecule has 1 aliphatic heterocycles. The Labute approximate surface area is 211 Å². The van der Waals surface area contributed by atoms with Crippen molar-refractivity contribution in [1.29, 1.82) is 0 Å². The van der Waals surface area contributed by atoms with Gasteiger partial charge in [0.15, 0.2) is 6.29 Å². The molecule has 1 atom stereocenters. The topological polar surface area (TPSA) is 84.9 Å². The highest BCUT2D eigenvalue weighted by Gasteiger charge is 2.32. The van der Waals surface area contributed by atoms with E-state index in [1.165, 1.54) is 17.0 Å². The van der Waals surface area contributed by atoms with Crippen LogP contribution in [0.25, 0.3) is 0 Å². The number of benzene rings is 3. The summed E-state index contributed by atoms with van der Waals surface area (Å²) in [6.07, 6.45) is -0.592. The van der Waals surface area contributed by atoms with E-state index in [0.717, 1.165) is 0 Å². The Kier molecular flexibility index (Phi) is 8.25. The van der Waals surface area contributed by atoms with Crippen LogP contribution in [-0.2, 0) is 26.8 Å². The normalized spacial score (nSPS) is 14.8. The van der Waals surface area contributed by atoms with Crippen molar-refractivity contribution >= 4 is 28.3 Å². The Hall–Kier alpha value is -3.40. The molecule has 0 radical (unpaired) electrons. The molecule has 7 nitrogen and oxygen atoms in total. The summed E-state index contributed by atoms with van der Waals surface area (Å²) >= 11 is 0. The third-order valence-corrected chi connectivity index (χ3v) is 7.19. The average molecular weight is 511 g/mol. The highest BCUT2D eigenvalue weighted by atomic mass is 32.2. The fraction of sp³-hybridized carbons (Fsp3) is 0.259. The van der Waals surface area contributed by atoms with Gasteiger partial charge in [-0.3, -0.25) is 9.59 Å². The lowest BCUT2D eigenvalue weighted by atomic mass is 10.1. The zero-order valence-corrected chi connectivity index (χ0v) is 20.8. The third-order valence-electron chi connectivity index (χ3n) is 5.69. The first-order valence-electron chi connectivity index (χ1n) is 11.7. The van der Waals surface area contributed by atoms with Crippen LogP contribution in [0, 0.1) is 5.82 Å². The second-order valence-electron chi connectivity index (χ2n) is 7.98. The van der Waals surface area contributed by atoms with Gasteiger partial charge in [0.05, 0.1) is 44.9 Å². The van der Waals surface area contributed by atoms with Gasteiger partial charge in [-0.15, -0.1) is 0 Å². The van der Waals surface area contributed by atoms with E-state index in [1.54, 1.807) is 54.6 Å². The first kappa shape index (κ1) is 25.7. The first-order valence-corrected chi connectivity index (χ1v) is 12.8. The Morgan fingerprint density at radius 3 is 2.42 bits per heavy atom. The highest BCUT2D eigenvalue weighted by Crippen LogP contribution is 2.36. The van der Waals surface area contributed by atoms with Gasteiger partial charge in [-0.05, 0) is 50.2 Å². The van der Waals surface area contributed by atoms with E-state index < -0.39 is 34.7 Å². The van der Waals surface area contributed by atoms with E-state index in [0.29, 0.717) is 28.6 Å². The maximum atomic E-state index is 14.5. The number of carbonyl (C=O) groups excluding carboxylic acids is 2. The largest absolute Gasteiger partial charge is 0.351 e. The quantitative estimate of drug-likeness (QED) is 0.435. The van der Waals surface area contributed by atoms with Crippen molar-refractivity contribution in [2.45, 2.75) is 36.5 Å². The minimum absolute atomic E-state index is 0.0914. The number of halogens is 1. The maximum absolute atomic E-state index is 14.5. The molecule has 1 unspecified atom stereocenters. The van der Waals surface area contributed by atoms with Crippen molar-refractivity contribution < 1.29 is 27.7 Å². The molecule has 0 saturated carbocycles. The molecular formula is C27H27FN2O5S. The predicted molar refractivity (Wildman–Crippen MR) is 134 cm³/mol. The fourth-order valence-electron chi connectivity index (χ4n) is 3.97. The van der Waals surface area contributed by atoms with Gasteiger partial charge in [-0.2, -0.15) is 0 Å². The Bertz CT molecular complexity index is 1290. The van der Waals surface area contributed by atoms with Crippen LogP contribution in [-0.4, -0.2) is 42.1 Å². The lowest BCUT2D eigenvalue weighted by molar-refractivity contribution is -0.131. The molecule has 188 valence electrons. The second-order valence-corrected chi connectivity index (χ2v) is 9.40. The number of nitrogens with one attached hydrogen (secondary N) is 1. The molecule has 3 aromatic carbocycles. The second kappa shape index (κ2) is 11.6. The Morgan fingerprint density at radius 2 is 1.69 bits per heavy atom. The Morgan fingerprint density at radius 1 is 1.00 bits per heavy atom. The molecule has 36 heavy (non-hydrogen) atoms. The minimum atomic E-state index is -1.68. The zero-order valence-electron chi connectivity index (χ0n) is 20.0. The number of hydrogen-bond donors (Lipinski definition) is 1. The van der Waals surface area contributed by atoms with Crippen molar-refractivity contribution in [2.75, 3.05) is 24.7 Å². The van der Waals surface area contributed by atoms with Crippen molar-refractivity contribution in [3.05, 3.63) is 89.2 Å². The molecule has 0 bridgehead atoms. The van der Waals surface area contributed by atoms with E-state index in [1.807, 2.05) is 13.8 Å². The van der Waals surface area contributed by atoms with Crippen molar-refractivity contribution in [2.24, 2.45) is 0 Å². The van der Waals surface area contributed by atoms with Crippen LogP contribution in [0.15, 0.2) is 76.5 Å². The number of rotatable bonds is 9. The molecule has 9 heteroatoms. The lowest BCUT2D eigenvalue weighted by Crippen LogP contribution is -2.35. The molecule has 1 heterocycles. The number of hydrogen-bond acceptors (Lipinski definition) is 5. The molecule has 4 rings (SSSR count). The third kappa shape index (κ3) is 5.38. The van der Waals surface area contributed by atoms with Crippen LogP contribution >= 0.6 is 0 Å². The number of carbonyl (C=O) groups is 2. The molecule has 1 N–H and O–H groups in total. The SMILES string of the molecule is CCOC(CNC(=O)c1ccc2c(c1)N(Cc1ccccc1F)C(=O)c1ccccc1S2=O)OCC. The summed E-state index contributed by atoms with van der Waals surface area (Å²) in [5, 5.41) is 2.78. The molecular weight excluding hydrogens is 483 g/mol. The van der Waals surface area contributed by atoms with Crippen molar-refractivity contribution in [3.8, 4) is 0 Å². The standard InChI is InChI=1S/C27H27FN2O5S/c1-3-34-25(35-4-2)16-29-26(31)18-13-14-24-22(15-18)30(17-19-9-5-7-11-21(19)28)27(32)20-10-6-8-12-23(20)36(24)33/h5-15,25H,3-4,16-17H2,1-2H3,(H,29,31). The van der Waals surface area contributed by atoms with Gasteiger partial charge in [-0.25, -0.2) is 8.60 Å². The summed E-state index contributed by atoms with van der Waals surface area (Å²) in [4.78, 5) is 28.7. The molecule has 0 fully saturated rings. The Balaban J connectivity index is 1.72.